The van der Waals surface area contributed by atoms with E-state index in [4.69, 9.17) is 0 Å². The van der Waals surface area contributed by atoms with Crippen molar-refractivity contribution in [3.05, 3.63) is 65.0 Å². The average Bonchev–Trinajstić information content (AvgIpc) is 2.91. The zero-order valence-electron chi connectivity index (χ0n) is 11.1. The number of hydrogen-bond acceptors (Lipinski definition) is 3. The molecule has 20 heavy (non-hydrogen) atoms. The van der Waals surface area contributed by atoms with Gasteiger partial charge in [0.25, 0.3) is 0 Å². The number of hydrogen-bond donors (Lipinski definition) is 2. The van der Waals surface area contributed by atoms with E-state index < -0.39 is 0 Å². The van der Waals surface area contributed by atoms with E-state index in [2.05, 4.69) is 10.5 Å². The molecule has 1 atom stereocenters. The summed E-state index contributed by atoms with van der Waals surface area (Å²) in [5, 5.41) is 14.2. The van der Waals surface area contributed by atoms with Gasteiger partial charge in [-0.25, -0.2) is 4.39 Å². The van der Waals surface area contributed by atoms with Gasteiger partial charge in [-0.1, -0.05) is 29.8 Å². The SMILES string of the molecule is Cc1ccc(O)c(C2=NNC(c3ccccc3F)C2)c1. The summed E-state index contributed by atoms with van der Waals surface area (Å²) in [5.74, 6) is -0.0414. The summed E-state index contributed by atoms with van der Waals surface area (Å²) in [6.45, 7) is 1.96. The van der Waals surface area contributed by atoms with Crippen molar-refractivity contribution in [1.82, 2.24) is 5.43 Å². The molecule has 1 unspecified atom stereocenters. The molecule has 0 amide bonds. The van der Waals surface area contributed by atoms with Gasteiger partial charge in [-0.05, 0) is 25.1 Å². The lowest BCUT2D eigenvalue weighted by molar-refractivity contribution is 0.474. The first kappa shape index (κ1) is 12.7. The Labute approximate surface area is 116 Å². The quantitative estimate of drug-likeness (QED) is 0.879. The highest BCUT2D eigenvalue weighted by atomic mass is 19.1. The fourth-order valence-corrected chi connectivity index (χ4v) is 2.43. The zero-order chi connectivity index (χ0) is 14.1. The van der Waals surface area contributed by atoms with Crippen LogP contribution in [0.1, 0.15) is 29.2 Å². The Balaban J connectivity index is 1.86. The van der Waals surface area contributed by atoms with Crippen molar-refractivity contribution in [3.63, 3.8) is 0 Å². The Morgan fingerprint density at radius 2 is 2.05 bits per heavy atom. The Morgan fingerprint density at radius 3 is 2.85 bits per heavy atom. The summed E-state index contributed by atoms with van der Waals surface area (Å²) >= 11 is 0. The minimum atomic E-state index is -0.241. The maximum absolute atomic E-state index is 13.8. The van der Waals surface area contributed by atoms with E-state index in [1.54, 1.807) is 18.2 Å². The largest absolute Gasteiger partial charge is 0.507 e. The van der Waals surface area contributed by atoms with Crippen LogP contribution in [-0.4, -0.2) is 10.8 Å². The average molecular weight is 270 g/mol. The summed E-state index contributed by atoms with van der Waals surface area (Å²) in [4.78, 5) is 0. The highest BCUT2D eigenvalue weighted by molar-refractivity contribution is 6.04. The van der Waals surface area contributed by atoms with Crippen molar-refractivity contribution in [3.8, 4) is 5.75 Å². The first-order chi connectivity index (χ1) is 9.65. The Kier molecular flexibility index (Phi) is 3.14. The number of nitrogens with zero attached hydrogens (tertiary/aromatic N) is 1. The van der Waals surface area contributed by atoms with Gasteiger partial charge in [0.2, 0.25) is 0 Å². The van der Waals surface area contributed by atoms with Gasteiger partial charge in [-0.2, -0.15) is 5.10 Å². The van der Waals surface area contributed by atoms with Gasteiger partial charge in [0, 0.05) is 17.5 Å². The molecule has 2 aromatic rings. The minimum Gasteiger partial charge on any atom is -0.507 e. The van der Waals surface area contributed by atoms with Crippen LogP contribution >= 0.6 is 0 Å². The molecule has 0 fully saturated rings. The summed E-state index contributed by atoms with van der Waals surface area (Å²) in [5.41, 5.74) is 6.05. The van der Waals surface area contributed by atoms with Gasteiger partial charge in [0.1, 0.15) is 11.6 Å². The molecule has 2 aromatic carbocycles. The molecular weight excluding hydrogens is 255 g/mol. The van der Waals surface area contributed by atoms with E-state index in [9.17, 15) is 9.50 Å². The zero-order valence-corrected chi connectivity index (χ0v) is 11.1. The van der Waals surface area contributed by atoms with Gasteiger partial charge in [-0.3, -0.25) is 0 Å². The lowest BCUT2D eigenvalue weighted by Gasteiger charge is -2.11. The number of rotatable bonds is 2. The standard InChI is InChI=1S/C16H15FN2O/c1-10-6-7-16(20)12(8-10)15-9-14(18-19-15)11-4-2-3-5-13(11)17/h2-8,14,18,20H,9H2,1H3. The topological polar surface area (TPSA) is 44.6 Å². The van der Waals surface area contributed by atoms with Crippen LogP contribution in [-0.2, 0) is 0 Å². The second-order valence-corrected chi connectivity index (χ2v) is 4.99. The summed E-state index contributed by atoms with van der Waals surface area (Å²) in [7, 11) is 0. The minimum absolute atomic E-state index is 0.189. The smallest absolute Gasteiger partial charge is 0.128 e. The number of phenols is 1. The van der Waals surface area contributed by atoms with E-state index in [-0.39, 0.29) is 17.6 Å². The van der Waals surface area contributed by atoms with Crippen LogP contribution in [0.15, 0.2) is 47.6 Å². The highest BCUT2D eigenvalue weighted by Gasteiger charge is 2.24. The Bertz CT molecular complexity index is 682. The van der Waals surface area contributed by atoms with Crippen molar-refractivity contribution in [2.45, 2.75) is 19.4 Å². The molecule has 1 aliphatic rings. The molecular formula is C16H15FN2O. The van der Waals surface area contributed by atoms with Gasteiger partial charge in [-0.15, -0.1) is 0 Å². The molecule has 0 aliphatic carbocycles. The highest BCUT2D eigenvalue weighted by Crippen LogP contribution is 2.29. The molecule has 1 heterocycles. The molecule has 0 saturated heterocycles. The number of hydrazone groups is 1. The molecule has 0 spiro atoms. The van der Waals surface area contributed by atoms with E-state index in [1.165, 1.54) is 6.07 Å². The van der Waals surface area contributed by atoms with Crippen LogP contribution in [0.25, 0.3) is 0 Å². The summed E-state index contributed by atoms with van der Waals surface area (Å²) in [6.07, 6.45) is 0.554. The van der Waals surface area contributed by atoms with E-state index in [0.717, 1.165) is 11.3 Å². The lowest BCUT2D eigenvalue weighted by Crippen LogP contribution is -2.11. The Hall–Kier alpha value is -2.36. The van der Waals surface area contributed by atoms with E-state index in [1.807, 2.05) is 25.1 Å². The molecule has 0 aromatic heterocycles. The molecule has 102 valence electrons. The molecule has 3 rings (SSSR count). The van der Waals surface area contributed by atoms with Crippen molar-refractivity contribution in [2.75, 3.05) is 0 Å². The maximum Gasteiger partial charge on any atom is 0.128 e. The normalized spacial score (nSPS) is 17.7. The predicted octanol–water partition coefficient (Wildman–Crippen LogP) is 3.28. The van der Waals surface area contributed by atoms with Crippen molar-refractivity contribution in [1.29, 1.82) is 0 Å². The molecule has 0 saturated carbocycles. The first-order valence-electron chi connectivity index (χ1n) is 6.51. The van der Waals surface area contributed by atoms with Crippen LogP contribution in [0.2, 0.25) is 0 Å². The molecule has 3 nitrogen and oxygen atoms in total. The predicted molar refractivity (Wildman–Crippen MR) is 76.3 cm³/mol. The Morgan fingerprint density at radius 1 is 1.25 bits per heavy atom. The second-order valence-electron chi connectivity index (χ2n) is 4.99. The third kappa shape index (κ3) is 2.25. The first-order valence-corrected chi connectivity index (χ1v) is 6.51. The van der Waals surface area contributed by atoms with E-state index in [0.29, 0.717) is 17.5 Å². The van der Waals surface area contributed by atoms with Crippen LogP contribution in [0.3, 0.4) is 0 Å². The number of aryl methyl sites for hydroxylation is 1. The monoisotopic (exact) mass is 270 g/mol. The molecule has 4 heteroatoms. The van der Waals surface area contributed by atoms with Crippen molar-refractivity contribution >= 4 is 5.71 Å². The third-order valence-corrected chi connectivity index (χ3v) is 3.50. The van der Waals surface area contributed by atoms with E-state index >= 15 is 0 Å². The number of nitrogens with one attached hydrogen (secondary N) is 1. The lowest BCUT2D eigenvalue weighted by atomic mass is 9.97. The summed E-state index contributed by atoms with van der Waals surface area (Å²) in [6, 6.07) is 11.9. The van der Waals surface area contributed by atoms with Gasteiger partial charge in [0.15, 0.2) is 0 Å². The maximum atomic E-state index is 13.8. The third-order valence-electron chi connectivity index (χ3n) is 3.50. The van der Waals surface area contributed by atoms with Crippen LogP contribution in [0.5, 0.6) is 5.75 Å². The van der Waals surface area contributed by atoms with Crippen molar-refractivity contribution in [2.24, 2.45) is 5.10 Å². The number of halogens is 1. The number of aromatic hydroxyl groups is 1. The molecule has 1 aliphatic heterocycles. The van der Waals surface area contributed by atoms with Gasteiger partial charge < -0.3 is 10.5 Å². The van der Waals surface area contributed by atoms with Crippen LogP contribution < -0.4 is 5.43 Å². The fourth-order valence-electron chi connectivity index (χ4n) is 2.43. The van der Waals surface area contributed by atoms with Crippen LogP contribution in [0, 0.1) is 12.7 Å². The molecule has 0 radical (unpaired) electrons. The fraction of sp³-hybridized carbons (Fsp3) is 0.188. The molecule has 2 N–H and O–H groups in total. The second kappa shape index (κ2) is 4.96. The summed E-state index contributed by atoms with van der Waals surface area (Å²) < 4.78 is 13.8. The molecule has 0 bridgehead atoms. The number of benzene rings is 2. The van der Waals surface area contributed by atoms with Gasteiger partial charge in [0.05, 0.1) is 11.8 Å². The number of phenolic OH excluding ortho intramolecular Hbond substituents is 1. The van der Waals surface area contributed by atoms with Crippen molar-refractivity contribution < 1.29 is 9.50 Å². The van der Waals surface area contributed by atoms with Crippen LogP contribution in [0.4, 0.5) is 4.39 Å². The van der Waals surface area contributed by atoms with Gasteiger partial charge >= 0.3 is 0 Å².